The van der Waals surface area contributed by atoms with Crippen LogP contribution in [0.15, 0.2) is 48.5 Å². The lowest BCUT2D eigenvalue weighted by molar-refractivity contribution is -0.138. The van der Waals surface area contributed by atoms with E-state index >= 15 is 0 Å². The third kappa shape index (κ3) is 7.31. The van der Waals surface area contributed by atoms with E-state index in [0.29, 0.717) is 12.6 Å². The fraction of sp³-hybridized carbons (Fsp3) is 0.409. The molecule has 1 heterocycles. The monoisotopic (exact) mass is 422 g/mol. The van der Waals surface area contributed by atoms with Crippen LogP contribution in [-0.4, -0.2) is 53.6 Å². The van der Waals surface area contributed by atoms with Crippen molar-refractivity contribution in [3.8, 4) is 5.75 Å². The molecule has 0 spiro atoms. The summed E-state index contributed by atoms with van der Waals surface area (Å²) in [6.45, 7) is 3.34. The average molecular weight is 423 g/mol. The number of carboxylic acid groups (broad SMARTS) is 1. The topological polar surface area (TPSA) is 53.0 Å². The number of likely N-dealkylation sites (N-methyl/N-ethyl adjacent to an activating group) is 1. The number of benzene rings is 2. The molecule has 0 atom stereocenters. The molecule has 158 valence electrons. The molecule has 0 aliphatic carbocycles. The van der Waals surface area contributed by atoms with Crippen molar-refractivity contribution in [3.05, 3.63) is 65.5 Å². The van der Waals surface area contributed by atoms with E-state index in [1.54, 1.807) is 12.1 Å². The summed E-state index contributed by atoms with van der Waals surface area (Å²) in [4.78, 5) is 15.2. The lowest BCUT2D eigenvalue weighted by Gasteiger charge is -2.36. The van der Waals surface area contributed by atoms with Gasteiger partial charge in [0.1, 0.15) is 18.2 Å². The Morgan fingerprint density at radius 2 is 1.69 bits per heavy atom. The molecule has 1 saturated heterocycles. The highest BCUT2D eigenvalue weighted by molar-refractivity contribution is 5.85. The molecule has 1 fully saturated rings. The van der Waals surface area contributed by atoms with Crippen LogP contribution in [0.25, 0.3) is 0 Å². The predicted octanol–water partition coefficient (Wildman–Crippen LogP) is 3.81. The van der Waals surface area contributed by atoms with Crippen LogP contribution in [0.5, 0.6) is 5.75 Å². The number of hydrogen-bond donors (Lipinski definition) is 1. The van der Waals surface area contributed by atoms with Crippen molar-refractivity contribution in [3.63, 3.8) is 0 Å². The van der Waals surface area contributed by atoms with E-state index in [1.807, 2.05) is 24.1 Å². The Bertz CT molecular complexity index is 763. The van der Waals surface area contributed by atoms with Crippen LogP contribution in [0.2, 0.25) is 0 Å². The number of nitrogens with zero attached hydrogens (tertiary/aromatic N) is 2. The number of piperidine rings is 1. The van der Waals surface area contributed by atoms with Gasteiger partial charge in [-0.2, -0.15) is 0 Å². The van der Waals surface area contributed by atoms with Gasteiger partial charge in [0.2, 0.25) is 0 Å². The normalized spacial score (nSPS) is 15.1. The van der Waals surface area contributed by atoms with Gasteiger partial charge in [-0.1, -0.05) is 24.3 Å². The highest BCUT2D eigenvalue weighted by atomic mass is 35.5. The largest absolute Gasteiger partial charge is 0.489 e. The zero-order chi connectivity index (χ0) is 19.9. The van der Waals surface area contributed by atoms with E-state index in [1.165, 1.54) is 17.7 Å². The number of aliphatic carboxylic acids is 1. The van der Waals surface area contributed by atoms with Crippen LogP contribution in [0, 0.1) is 5.82 Å². The maximum absolute atomic E-state index is 12.9. The Hall–Kier alpha value is -2.15. The minimum atomic E-state index is -0.772. The zero-order valence-electron chi connectivity index (χ0n) is 16.6. The fourth-order valence-corrected chi connectivity index (χ4v) is 3.56. The van der Waals surface area contributed by atoms with Crippen LogP contribution in [0.1, 0.15) is 24.0 Å². The molecule has 7 heteroatoms. The van der Waals surface area contributed by atoms with Gasteiger partial charge in [-0.3, -0.25) is 14.6 Å². The van der Waals surface area contributed by atoms with Gasteiger partial charge in [0, 0.05) is 12.6 Å². The van der Waals surface area contributed by atoms with E-state index in [2.05, 4.69) is 17.0 Å². The quantitative estimate of drug-likeness (QED) is 0.701. The number of ether oxygens (including phenoxy) is 1. The molecule has 2 aromatic carbocycles. The van der Waals surface area contributed by atoms with Crippen molar-refractivity contribution in [1.29, 1.82) is 0 Å². The number of carbonyl (C=O) groups is 1. The number of carboxylic acids is 1. The molecule has 2 aromatic rings. The highest BCUT2D eigenvalue weighted by Crippen LogP contribution is 2.19. The Kier molecular flexibility index (Phi) is 8.89. The first kappa shape index (κ1) is 23.1. The standard InChI is InChI=1S/C22H27FN2O3.ClH/c1-24(15-22(26)27)20-10-12-25(13-11-20)14-17-4-8-21(9-5-17)28-16-18-2-6-19(23)7-3-18;/h2-9,20H,10-16H2,1H3,(H,26,27);1H. The summed E-state index contributed by atoms with van der Waals surface area (Å²) in [5.41, 5.74) is 2.16. The van der Waals surface area contributed by atoms with Crippen LogP contribution in [0.4, 0.5) is 4.39 Å². The molecule has 3 rings (SSSR count). The number of likely N-dealkylation sites (tertiary alicyclic amines) is 1. The summed E-state index contributed by atoms with van der Waals surface area (Å²) in [5, 5.41) is 8.92. The van der Waals surface area contributed by atoms with E-state index in [0.717, 1.165) is 43.8 Å². The fourth-order valence-electron chi connectivity index (χ4n) is 3.56. The van der Waals surface area contributed by atoms with Crippen molar-refractivity contribution in [2.75, 3.05) is 26.7 Å². The molecular formula is C22H28ClFN2O3. The minimum absolute atomic E-state index is 0. The first-order valence-corrected chi connectivity index (χ1v) is 9.60. The van der Waals surface area contributed by atoms with Crippen molar-refractivity contribution in [1.82, 2.24) is 9.80 Å². The second-order valence-corrected chi connectivity index (χ2v) is 7.38. The van der Waals surface area contributed by atoms with Gasteiger partial charge >= 0.3 is 5.97 Å². The molecule has 5 nitrogen and oxygen atoms in total. The van der Waals surface area contributed by atoms with Crippen LogP contribution in [-0.2, 0) is 17.9 Å². The predicted molar refractivity (Wildman–Crippen MR) is 113 cm³/mol. The van der Waals surface area contributed by atoms with Gasteiger partial charge in [0.15, 0.2) is 0 Å². The molecule has 0 radical (unpaired) electrons. The summed E-state index contributed by atoms with van der Waals surface area (Å²) in [6.07, 6.45) is 1.98. The lowest BCUT2D eigenvalue weighted by atomic mass is 10.0. The Morgan fingerprint density at radius 3 is 2.28 bits per heavy atom. The van der Waals surface area contributed by atoms with Gasteiger partial charge in [-0.25, -0.2) is 4.39 Å². The lowest BCUT2D eigenvalue weighted by Crippen LogP contribution is -2.44. The summed E-state index contributed by atoms with van der Waals surface area (Å²) in [5.74, 6) is -0.223. The molecule has 1 N–H and O–H groups in total. The smallest absolute Gasteiger partial charge is 0.317 e. The van der Waals surface area contributed by atoms with Gasteiger partial charge in [-0.05, 0) is 68.4 Å². The molecule has 1 aliphatic rings. The third-order valence-corrected chi connectivity index (χ3v) is 5.21. The van der Waals surface area contributed by atoms with Crippen LogP contribution < -0.4 is 4.74 Å². The number of hydrogen-bond acceptors (Lipinski definition) is 4. The Morgan fingerprint density at radius 1 is 1.10 bits per heavy atom. The maximum atomic E-state index is 12.9. The summed E-state index contributed by atoms with van der Waals surface area (Å²) in [7, 11) is 1.89. The SMILES string of the molecule is CN(CC(=O)O)C1CCN(Cc2ccc(OCc3ccc(F)cc3)cc2)CC1.Cl. The van der Waals surface area contributed by atoms with Crippen molar-refractivity contribution in [2.24, 2.45) is 0 Å². The number of rotatable bonds is 8. The first-order chi connectivity index (χ1) is 13.5. The van der Waals surface area contributed by atoms with Crippen molar-refractivity contribution < 1.29 is 19.0 Å². The molecule has 29 heavy (non-hydrogen) atoms. The van der Waals surface area contributed by atoms with Gasteiger partial charge in [0.25, 0.3) is 0 Å². The van der Waals surface area contributed by atoms with E-state index < -0.39 is 5.97 Å². The molecule has 0 saturated carbocycles. The average Bonchev–Trinajstić information content (AvgIpc) is 2.69. The number of halogens is 2. The summed E-state index contributed by atoms with van der Waals surface area (Å²) >= 11 is 0. The van der Waals surface area contributed by atoms with Gasteiger partial charge in [0.05, 0.1) is 6.54 Å². The van der Waals surface area contributed by atoms with E-state index in [-0.39, 0.29) is 24.8 Å². The maximum Gasteiger partial charge on any atom is 0.317 e. The second kappa shape index (κ2) is 11.1. The molecule has 0 unspecified atom stereocenters. The van der Waals surface area contributed by atoms with Crippen LogP contribution >= 0.6 is 12.4 Å². The van der Waals surface area contributed by atoms with Crippen molar-refractivity contribution in [2.45, 2.75) is 32.0 Å². The summed E-state index contributed by atoms with van der Waals surface area (Å²) < 4.78 is 18.7. The van der Waals surface area contributed by atoms with Crippen molar-refractivity contribution >= 4 is 18.4 Å². The molecular weight excluding hydrogens is 395 g/mol. The molecule has 0 aromatic heterocycles. The molecule has 0 amide bonds. The Balaban J connectivity index is 0.00000300. The first-order valence-electron chi connectivity index (χ1n) is 9.60. The molecule has 0 bridgehead atoms. The van der Waals surface area contributed by atoms with E-state index in [4.69, 9.17) is 9.84 Å². The molecule has 1 aliphatic heterocycles. The second-order valence-electron chi connectivity index (χ2n) is 7.38. The summed E-state index contributed by atoms with van der Waals surface area (Å²) in [6, 6.07) is 14.7. The Labute approximate surface area is 177 Å². The zero-order valence-corrected chi connectivity index (χ0v) is 17.4. The minimum Gasteiger partial charge on any atom is -0.489 e. The van der Waals surface area contributed by atoms with Gasteiger partial charge < -0.3 is 9.84 Å². The van der Waals surface area contributed by atoms with Gasteiger partial charge in [-0.15, -0.1) is 12.4 Å². The van der Waals surface area contributed by atoms with E-state index in [9.17, 15) is 9.18 Å². The highest BCUT2D eigenvalue weighted by Gasteiger charge is 2.23. The van der Waals surface area contributed by atoms with Crippen LogP contribution in [0.3, 0.4) is 0 Å². The third-order valence-electron chi connectivity index (χ3n) is 5.21.